The number of hydrogen-bond acceptors (Lipinski definition) is 4. The molecular weight excluding hydrogens is 250 g/mol. The maximum atomic E-state index is 11.9. The molecule has 2 heterocycles. The highest BCUT2D eigenvalue weighted by atomic mass is 16.4. The van der Waals surface area contributed by atoms with Crippen LogP contribution in [-0.2, 0) is 6.42 Å². The molecule has 7 heteroatoms. The van der Waals surface area contributed by atoms with Gasteiger partial charge >= 0.3 is 5.97 Å². The van der Waals surface area contributed by atoms with Gasteiger partial charge in [0, 0.05) is 12.5 Å². The first-order chi connectivity index (χ1) is 9.08. The molecule has 3 N–H and O–H groups in total. The third-order valence-electron chi connectivity index (χ3n) is 2.53. The van der Waals surface area contributed by atoms with Crippen molar-refractivity contribution in [3.8, 4) is 0 Å². The first-order valence-electron chi connectivity index (χ1n) is 5.68. The van der Waals surface area contributed by atoms with Crippen LogP contribution in [0.25, 0.3) is 0 Å². The van der Waals surface area contributed by atoms with Gasteiger partial charge in [-0.2, -0.15) is 0 Å². The van der Waals surface area contributed by atoms with E-state index in [0.717, 1.165) is 5.76 Å². The number of carbonyl (C=O) groups is 2. The number of carboxylic acids is 1. The van der Waals surface area contributed by atoms with E-state index in [-0.39, 0.29) is 17.4 Å². The van der Waals surface area contributed by atoms with Crippen LogP contribution in [0.5, 0.6) is 0 Å². The molecule has 0 aliphatic carbocycles. The largest absolute Gasteiger partial charge is 0.477 e. The molecule has 0 spiro atoms. The normalized spacial score (nSPS) is 12.1. The fraction of sp³-hybridized carbons (Fsp3) is 0.250. The molecule has 0 bridgehead atoms. The highest BCUT2D eigenvalue weighted by Gasteiger charge is 2.21. The Morgan fingerprint density at radius 3 is 3.00 bits per heavy atom. The minimum atomic E-state index is -1.22. The molecule has 19 heavy (non-hydrogen) atoms. The lowest BCUT2D eigenvalue weighted by Crippen LogP contribution is -2.35. The van der Waals surface area contributed by atoms with E-state index in [4.69, 9.17) is 9.52 Å². The molecule has 0 aromatic carbocycles. The van der Waals surface area contributed by atoms with Crippen molar-refractivity contribution in [2.45, 2.75) is 19.4 Å². The molecular formula is C12H13N3O4. The number of rotatable bonds is 5. The summed E-state index contributed by atoms with van der Waals surface area (Å²) in [6.07, 6.45) is 3.25. The van der Waals surface area contributed by atoms with Crippen LogP contribution in [-0.4, -0.2) is 33.0 Å². The molecule has 2 aromatic rings. The average molecular weight is 263 g/mol. The quantitative estimate of drug-likeness (QED) is 0.747. The monoisotopic (exact) mass is 263 g/mol. The lowest BCUT2D eigenvalue weighted by Gasteiger charge is -2.11. The standard InChI is InChI=1S/C12H13N3O4/c1-7(5-8-3-2-4-19-8)15-11(16)9-10(12(17)18)14-6-13-9/h2-4,6-7H,5H2,1H3,(H,13,14)(H,15,16)(H,17,18). The van der Waals surface area contributed by atoms with Gasteiger partial charge in [-0.3, -0.25) is 4.79 Å². The van der Waals surface area contributed by atoms with Crippen LogP contribution in [0.4, 0.5) is 0 Å². The maximum absolute atomic E-state index is 11.9. The number of imidazole rings is 1. The van der Waals surface area contributed by atoms with Crippen LogP contribution >= 0.6 is 0 Å². The summed E-state index contributed by atoms with van der Waals surface area (Å²) in [5, 5.41) is 11.5. The third kappa shape index (κ3) is 3.01. The Labute approximate surface area is 108 Å². The molecule has 100 valence electrons. The van der Waals surface area contributed by atoms with Crippen molar-refractivity contribution in [1.29, 1.82) is 0 Å². The number of aromatic carboxylic acids is 1. The number of nitrogens with one attached hydrogen (secondary N) is 2. The molecule has 0 aliphatic rings. The minimum Gasteiger partial charge on any atom is -0.477 e. The van der Waals surface area contributed by atoms with E-state index >= 15 is 0 Å². The van der Waals surface area contributed by atoms with Crippen LogP contribution in [0.1, 0.15) is 33.7 Å². The second-order valence-corrected chi connectivity index (χ2v) is 4.09. The lowest BCUT2D eigenvalue weighted by atomic mass is 10.2. The second kappa shape index (κ2) is 5.38. The summed E-state index contributed by atoms with van der Waals surface area (Å²) in [5.41, 5.74) is -0.346. The Morgan fingerprint density at radius 2 is 2.37 bits per heavy atom. The molecule has 7 nitrogen and oxygen atoms in total. The van der Waals surface area contributed by atoms with Gasteiger partial charge in [0.2, 0.25) is 0 Å². The lowest BCUT2D eigenvalue weighted by molar-refractivity contribution is 0.0684. The van der Waals surface area contributed by atoms with Gasteiger partial charge in [0.05, 0.1) is 12.6 Å². The Bertz CT molecular complexity index is 574. The smallest absolute Gasteiger partial charge is 0.354 e. The summed E-state index contributed by atoms with van der Waals surface area (Å²) in [6.45, 7) is 1.80. The van der Waals surface area contributed by atoms with Gasteiger partial charge in [0.25, 0.3) is 5.91 Å². The molecule has 0 saturated heterocycles. The first-order valence-corrected chi connectivity index (χ1v) is 5.68. The summed E-state index contributed by atoms with van der Waals surface area (Å²) < 4.78 is 5.17. The fourth-order valence-electron chi connectivity index (χ4n) is 1.70. The topological polar surface area (TPSA) is 108 Å². The summed E-state index contributed by atoms with van der Waals surface area (Å²) in [7, 11) is 0. The number of carbonyl (C=O) groups excluding carboxylic acids is 1. The van der Waals surface area contributed by atoms with Crippen molar-refractivity contribution in [3.05, 3.63) is 41.9 Å². The van der Waals surface area contributed by atoms with Crippen molar-refractivity contribution < 1.29 is 19.1 Å². The number of nitrogens with zero attached hydrogens (tertiary/aromatic N) is 1. The van der Waals surface area contributed by atoms with Crippen molar-refractivity contribution in [2.24, 2.45) is 0 Å². The van der Waals surface area contributed by atoms with E-state index in [0.29, 0.717) is 6.42 Å². The van der Waals surface area contributed by atoms with Crippen molar-refractivity contribution in [1.82, 2.24) is 15.3 Å². The zero-order valence-electron chi connectivity index (χ0n) is 10.2. The summed E-state index contributed by atoms with van der Waals surface area (Å²) in [6, 6.07) is 3.37. The van der Waals surface area contributed by atoms with Gasteiger partial charge in [-0.25, -0.2) is 9.78 Å². The molecule has 0 radical (unpaired) electrons. The van der Waals surface area contributed by atoms with Crippen molar-refractivity contribution in [2.75, 3.05) is 0 Å². The van der Waals surface area contributed by atoms with Gasteiger partial charge in [-0.15, -0.1) is 0 Å². The van der Waals surface area contributed by atoms with Crippen LogP contribution in [0.3, 0.4) is 0 Å². The Morgan fingerprint density at radius 1 is 1.58 bits per heavy atom. The molecule has 2 rings (SSSR count). The van der Waals surface area contributed by atoms with Gasteiger partial charge in [0.1, 0.15) is 5.76 Å². The first kappa shape index (κ1) is 12.9. The van der Waals surface area contributed by atoms with Gasteiger partial charge in [-0.05, 0) is 19.1 Å². The van der Waals surface area contributed by atoms with E-state index in [2.05, 4.69) is 15.3 Å². The zero-order valence-corrected chi connectivity index (χ0v) is 10.2. The minimum absolute atomic E-state index is 0.126. The van der Waals surface area contributed by atoms with E-state index in [1.165, 1.54) is 6.33 Å². The van der Waals surface area contributed by atoms with Crippen LogP contribution in [0.15, 0.2) is 29.1 Å². The third-order valence-corrected chi connectivity index (χ3v) is 2.53. The number of furan rings is 1. The summed E-state index contributed by atoms with van der Waals surface area (Å²) in [4.78, 5) is 28.9. The summed E-state index contributed by atoms with van der Waals surface area (Å²) >= 11 is 0. The van der Waals surface area contributed by atoms with Gasteiger partial charge in [-0.1, -0.05) is 0 Å². The molecule has 0 saturated carbocycles. The van der Waals surface area contributed by atoms with Crippen LogP contribution in [0.2, 0.25) is 0 Å². The number of aromatic nitrogens is 2. The second-order valence-electron chi connectivity index (χ2n) is 4.09. The van der Waals surface area contributed by atoms with Gasteiger partial charge < -0.3 is 19.8 Å². The molecule has 1 unspecified atom stereocenters. The maximum Gasteiger partial charge on any atom is 0.354 e. The predicted octanol–water partition coefficient (Wildman–Crippen LogP) is 1.06. The zero-order chi connectivity index (χ0) is 13.8. The highest BCUT2D eigenvalue weighted by molar-refractivity contribution is 6.02. The van der Waals surface area contributed by atoms with E-state index < -0.39 is 11.9 Å². The molecule has 1 amide bonds. The van der Waals surface area contributed by atoms with Crippen LogP contribution < -0.4 is 5.32 Å². The number of H-pyrrole nitrogens is 1. The SMILES string of the molecule is CC(Cc1ccco1)NC(=O)c1nc[nH]c1C(=O)O. The average Bonchev–Trinajstić information content (AvgIpc) is 2.97. The number of carboxylic acid groups (broad SMARTS) is 1. The van der Waals surface area contributed by atoms with Crippen LogP contribution in [0, 0.1) is 0 Å². The Balaban J connectivity index is 2.00. The van der Waals surface area contributed by atoms with E-state index in [1.807, 2.05) is 0 Å². The molecule has 0 fully saturated rings. The van der Waals surface area contributed by atoms with E-state index in [1.54, 1.807) is 25.3 Å². The fourth-order valence-corrected chi connectivity index (χ4v) is 1.70. The molecule has 0 aliphatic heterocycles. The Hall–Kier alpha value is -2.57. The van der Waals surface area contributed by atoms with Crippen molar-refractivity contribution in [3.63, 3.8) is 0 Å². The summed E-state index contributed by atoms with van der Waals surface area (Å²) in [5.74, 6) is -1.01. The van der Waals surface area contributed by atoms with E-state index in [9.17, 15) is 9.59 Å². The molecule has 1 atom stereocenters. The van der Waals surface area contributed by atoms with Gasteiger partial charge in [0.15, 0.2) is 11.4 Å². The number of hydrogen-bond donors (Lipinski definition) is 3. The Kier molecular flexibility index (Phi) is 3.65. The predicted molar refractivity (Wildman–Crippen MR) is 64.9 cm³/mol. The highest BCUT2D eigenvalue weighted by Crippen LogP contribution is 2.06. The number of amides is 1. The molecule has 2 aromatic heterocycles. The van der Waals surface area contributed by atoms with Crippen molar-refractivity contribution >= 4 is 11.9 Å². The number of aromatic amines is 1.